The summed E-state index contributed by atoms with van der Waals surface area (Å²) < 4.78 is 31.0. The molecule has 0 aliphatic rings. The second kappa shape index (κ2) is 16.3. The van der Waals surface area contributed by atoms with Gasteiger partial charge in [-0.3, -0.25) is 4.79 Å². The van der Waals surface area contributed by atoms with Gasteiger partial charge in [0.05, 0.1) is 0 Å². The summed E-state index contributed by atoms with van der Waals surface area (Å²) in [7, 11) is 1.66. The van der Waals surface area contributed by atoms with Crippen LogP contribution in [0.5, 0.6) is 17.2 Å². The van der Waals surface area contributed by atoms with Gasteiger partial charge >= 0.3 is 299 Å². The second-order valence-electron chi connectivity index (χ2n) is 12.8. The first kappa shape index (κ1) is 36.4. The molecule has 0 spiro atoms. The van der Waals surface area contributed by atoms with E-state index in [-0.39, 0.29) is 12.6 Å². The number of aliphatic hydroxyl groups excluding tert-OH is 1. The van der Waals surface area contributed by atoms with Gasteiger partial charge in [-0.15, -0.1) is 0 Å². The molecule has 6 aromatic carbocycles. The van der Waals surface area contributed by atoms with Crippen LogP contribution in [0, 0.1) is 0 Å². The van der Waals surface area contributed by atoms with Crippen molar-refractivity contribution in [1.82, 2.24) is 0 Å². The van der Waals surface area contributed by atoms with Crippen LogP contribution in [0.4, 0.5) is 0 Å². The van der Waals surface area contributed by atoms with Crippen LogP contribution in [0.25, 0.3) is 0 Å². The molecule has 0 heterocycles. The fourth-order valence-corrected chi connectivity index (χ4v) is 7.87. The molecule has 1 atom stereocenters. The Labute approximate surface area is 309 Å². The van der Waals surface area contributed by atoms with Gasteiger partial charge < -0.3 is 0 Å². The van der Waals surface area contributed by atoms with Crippen LogP contribution in [0.2, 0.25) is 0 Å². The summed E-state index contributed by atoms with van der Waals surface area (Å²) in [4.78, 5) is 11.4. The van der Waals surface area contributed by atoms with Crippen molar-refractivity contribution in [1.29, 1.82) is 0 Å². The van der Waals surface area contributed by atoms with Crippen LogP contribution < -0.4 is 17.8 Å². The zero-order valence-electron chi connectivity index (χ0n) is 29.5. The zero-order valence-corrected chi connectivity index (χ0v) is 30.5. The van der Waals surface area contributed by atoms with Crippen molar-refractivity contribution in [3.63, 3.8) is 0 Å². The van der Waals surface area contributed by atoms with Gasteiger partial charge in [0.2, 0.25) is 0 Å². The molecule has 0 aliphatic carbocycles. The normalized spacial score (nSPS) is 12.7. The maximum atomic E-state index is 13.7. The standard InChI is InChI=1S/C26H21O.C19H22O4.Co.O/c1-27-25-19-17-24(18-20-25)26(21-11-5-2-6-12-21,22-13-7-3-8-14-22)23-15-9-4-10-16-23;1-14(21)23-18-10-6-16(7-11-18)19(2,12-3-13-20)15-4-8-17(22)9-5-15;;/h2-3,5-20H,1H3;4-11,20,22H,3,12-13H2,1-2H3;;/q;;+1;/p-1. The van der Waals surface area contributed by atoms with Gasteiger partial charge in [-0.05, 0) is 0 Å². The van der Waals surface area contributed by atoms with Crippen LogP contribution in [0.3, 0.4) is 0 Å². The van der Waals surface area contributed by atoms with E-state index in [0.29, 0.717) is 28.8 Å². The molecule has 0 radical (unpaired) electrons. The van der Waals surface area contributed by atoms with Crippen LogP contribution in [-0.2, 0) is 33.4 Å². The molecule has 7 heteroatoms. The maximum absolute atomic E-state index is 13.7. The van der Waals surface area contributed by atoms with Crippen LogP contribution in [0.1, 0.15) is 60.1 Å². The van der Waals surface area contributed by atoms with Crippen molar-refractivity contribution in [3.05, 3.63) is 191 Å². The molecule has 52 heavy (non-hydrogen) atoms. The van der Waals surface area contributed by atoms with Crippen molar-refractivity contribution >= 4 is 10.5 Å². The van der Waals surface area contributed by atoms with Crippen molar-refractivity contribution in [2.24, 2.45) is 0 Å². The first-order chi connectivity index (χ1) is 25.3. The van der Waals surface area contributed by atoms with E-state index in [1.54, 1.807) is 19.2 Å². The van der Waals surface area contributed by atoms with Crippen LogP contribution in [0.15, 0.2) is 158 Å². The molecule has 1 unspecified atom stereocenters. The Hall–Kier alpha value is -5.34. The van der Waals surface area contributed by atoms with E-state index in [4.69, 9.17) is 13.3 Å². The van der Waals surface area contributed by atoms with E-state index >= 15 is 0 Å². The molecule has 0 saturated carbocycles. The van der Waals surface area contributed by atoms with Crippen molar-refractivity contribution in [2.45, 2.75) is 37.5 Å². The number of carbonyl (C=O) groups excluding carboxylic acids is 1. The fraction of sp³-hybridized carbons (Fsp3) is 0.178. The molecule has 0 aromatic heterocycles. The third-order valence-corrected chi connectivity index (χ3v) is 10.9. The predicted molar refractivity (Wildman–Crippen MR) is 199 cm³/mol. The number of carbonyl (C=O) groups is 1. The SMILES string of the molecule is COc1ccc(C(c2ccccc2)(c2ccccc2)c2cc[c]([Co](=[O])[O]c3ccc(C(C)(CCCO)c4ccc(OC(C)=O)cc4)cc3)cc2)cc1. The molecule has 0 aliphatic heterocycles. The second-order valence-corrected chi connectivity index (χ2v) is 14.2. The van der Waals surface area contributed by atoms with Crippen molar-refractivity contribution < 1.29 is 41.0 Å². The Kier molecular flexibility index (Phi) is 11.4. The van der Waals surface area contributed by atoms with Gasteiger partial charge in [0.15, 0.2) is 0 Å². The third-order valence-electron chi connectivity index (χ3n) is 9.58. The molecular weight excluding hydrogens is 695 g/mol. The van der Waals surface area contributed by atoms with Gasteiger partial charge in [-0.1, -0.05) is 0 Å². The Balaban J connectivity index is 1.29. The van der Waals surface area contributed by atoms with E-state index in [9.17, 15) is 13.8 Å². The number of methoxy groups -OCH3 is 1. The third kappa shape index (κ3) is 7.62. The number of aliphatic hydroxyl groups is 1. The first-order valence-corrected chi connectivity index (χ1v) is 18.5. The van der Waals surface area contributed by atoms with Gasteiger partial charge in [-0.2, -0.15) is 0 Å². The minimum absolute atomic E-state index is 0.0689. The Morgan fingerprint density at radius 2 is 1.02 bits per heavy atom. The monoisotopic (exact) mass is 737 g/mol. The first-order valence-electron chi connectivity index (χ1n) is 17.1. The number of rotatable bonds is 14. The summed E-state index contributed by atoms with van der Waals surface area (Å²) in [6, 6.07) is 51.9. The number of hydrogen-bond donors (Lipinski definition) is 1. The van der Waals surface area contributed by atoms with Crippen LogP contribution in [-0.4, -0.2) is 24.8 Å². The number of esters is 1. The minimum atomic E-state index is -2.19. The Bertz CT molecular complexity index is 2040. The van der Waals surface area contributed by atoms with E-state index in [0.717, 1.165) is 39.1 Å². The topological polar surface area (TPSA) is 82.1 Å². The van der Waals surface area contributed by atoms with Crippen LogP contribution >= 0.6 is 0 Å². The Morgan fingerprint density at radius 3 is 1.48 bits per heavy atom. The van der Waals surface area contributed by atoms with Crippen molar-refractivity contribution in [2.75, 3.05) is 13.7 Å². The van der Waals surface area contributed by atoms with E-state index in [1.165, 1.54) is 6.92 Å². The van der Waals surface area contributed by atoms with Gasteiger partial charge in [0, 0.05) is 6.92 Å². The van der Waals surface area contributed by atoms with E-state index < -0.39 is 24.7 Å². The fourth-order valence-electron chi connectivity index (χ4n) is 6.92. The van der Waals surface area contributed by atoms with Gasteiger partial charge in [0.25, 0.3) is 0 Å². The molecule has 6 rings (SSSR count). The quantitative estimate of drug-likeness (QED) is 0.0685. The molecule has 0 bridgehead atoms. The summed E-state index contributed by atoms with van der Waals surface area (Å²) in [5.41, 5.74) is 5.26. The summed E-state index contributed by atoms with van der Waals surface area (Å²) in [5, 5.41) is 9.66. The number of hydrogen-bond acceptors (Lipinski definition) is 6. The van der Waals surface area contributed by atoms with Gasteiger partial charge in [-0.25, -0.2) is 0 Å². The number of ether oxygens (including phenoxy) is 2. The summed E-state index contributed by atoms with van der Waals surface area (Å²) in [6.45, 7) is 3.57. The number of benzene rings is 6. The molecule has 0 fully saturated rings. The van der Waals surface area contributed by atoms with E-state index in [1.807, 2.05) is 84.9 Å². The molecule has 1 N–H and O–H groups in total. The average molecular weight is 738 g/mol. The average Bonchev–Trinajstić information content (AvgIpc) is 3.19. The van der Waals surface area contributed by atoms with E-state index in [2.05, 4.69) is 67.6 Å². The summed E-state index contributed by atoms with van der Waals surface area (Å²) in [5.74, 6) is 1.37. The molecule has 0 saturated heterocycles. The van der Waals surface area contributed by atoms with Crippen molar-refractivity contribution in [3.8, 4) is 17.2 Å². The molecule has 6 aromatic rings. The zero-order chi connectivity index (χ0) is 36.6. The molecule has 0 amide bonds. The summed E-state index contributed by atoms with van der Waals surface area (Å²) in [6.07, 6.45) is 1.30. The predicted octanol–water partition coefficient (Wildman–Crippen LogP) is 8.66. The summed E-state index contributed by atoms with van der Waals surface area (Å²) >= 11 is -2.19. The molecule has 267 valence electrons. The molecular formula is C45H42CoO6. The van der Waals surface area contributed by atoms with Gasteiger partial charge in [0.1, 0.15) is 0 Å². The molecule has 6 nitrogen and oxygen atoms in total. The Morgan fingerprint density at radius 1 is 0.596 bits per heavy atom.